The number of benzene rings is 4. The average Bonchev–Trinajstić information content (AvgIpc) is 3.74. The van der Waals surface area contributed by atoms with Crippen molar-refractivity contribution in [3.63, 3.8) is 0 Å². The van der Waals surface area contributed by atoms with E-state index in [4.69, 9.17) is 21.5 Å². The Bertz CT molecular complexity index is 2610. The largest absolute Gasteiger partial charge is 0.417 e. The fourth-order valence-electron chi connectivity index (χ4n) is 7.82. The van der Waals surface area contributed by atoms with E-state index in [-0.39, 0.29) is 35.6 Å². The molecule has 7 rings (SSSR count). The number of piperidine rings is 1. The van der Waals surface area contributed by atoms with E-state index in [9.17, 15) is 37.6 Å². The minimum absolute atomic E-state index is 0.0198. The van der Waals surface area contributed by atoms with Crippen LogP contribution in [0.3, 0.4) is 0 Å². The van der Waals surface area contributed by atoms with Gasteiger partial charge in [0.15, 0.2) is 10.7 Å². The van der Waals surface area contributed by atoms with Crippen LogP contribution in [-0.4, -0.2) is 78.8 Å². The van der Waals surface area contributed by atoms with Gasteiger partial charge in [-0.1, -0.05) is 24.2 Å². The molecular formula is C44H43F3N8O6S. The highest BCUT2D eigenvalue weighted by Gasteiger charge is 2.50. The Labute approximate surface area is 359 Å². The summed E-state index contributed by atoms with van der Waals surface area (Å²) in [6, 6.07) is 21.1. The number of hydrogen-bond donors (Lipinski definition) is 3. The second-order valence-corrected chi connectivity index (χ2v) is 15.8. The number of thiocarbonyl (C=S) groups is 1. The van der Waals surface area contributed by atoms with E-state index in [1.165, 1.54) is 6.07 Å². The number of imide groups is 1. The topological polar surface area (TPSA) is 173 Å². The van der Waals surface area contributed by atoms with Gasteiger partial charge in [-0.2, -0.15) is 18.4 Å². The smallest absolute Gasteiger partial charge is 0.370 e. The Kier molecular flexibility index (Phi) is 12.6. The van der Waals surface area contributed by atoms with Crippen molar-refractivity contribution in [3.05, 3.63) is 89.6 Å². The number of rotatable bonds is 15. The van der Waals surface area contributed by atoms with Gasteiger partial charge in [-0.15, -0.1) is 0 Å². The van der Waals surface area contributed by atoms with E-state index >= 15 is 0 Å². The summed E-state index contributed by atoms with van der Waals surface area (Å²) in [6.07, 6.45) is -3.36. The van der Waals surface area contributed by atoms with Gasteiger partial charge in [0.1, 0.15) is 17.8 Å². The summed E-state index contributed by atoms with van der Waals surface area (Å²) in [6.45, 7) is 8.06. The number of fused-ring (bicyclic) bond motifs is 3. The van der Waals surface area contributed by atoms with Gasteiger partial charge in [-0.05, 0) is 110 Å². The fourth-order valence-corrected chi connectivity index (χ4v) is 8.34. The summed E-state index contributed by atoms with van der Waals surface area (Å²) in [5, 5.41) is 24.3. The number of carbonyl (C=O) groups excluding carboxylic acids is 4. The van der Waals surface area contributed by atoms with Crippen molar-refractivity contribution < 1.29 is 41.6 Å². The number of halogens is 3. The molecule has 1 atom stereocenters. The molecule has 4 aromatic carbocycles. The number of nitrogens with zero attached hydrogens (tertiary/aromatic N) is 5. The molecule has 18 heteroatoms. The Balaban J connectivity index is 0.890. The van der Waals surface area contributed by atoms with Gasteiger partial charge in [0.05, 0.1) is 40.8 Å². The molecule has 2 aliphatic heterocycles. The van der Waals surface area contributed by atoms with Crippen LogP contribution in [0.2, 0.25) is 0 Å². The maximum absolute atomic E-state index is 13.8. The number of carbonyl (C=O) groups is 4. The minimum Gasteiger partial charge on any atom is -0.370 e. The van der Waals surface area contributed by atoms with E-state index in [1.54, 1.807) is 36.9 Å². The van der Waals surface area contributed by atoms with Crippen molar-refractivity contribution in [1.29, 1.82) is 5.26 Å². The highest BCUT2D eigenvalue weighted by atomic mass is 32.1. The molecule has 3 N–H and O–H groups in total. The first-order chi connectivity index (χ1) is 29.6. The van der Waals surface area contributed by atoms with Crippen molar-refractivity contribution in [1.82, 2.24) is 15.8 Å². The Morgan fingerprint density at radius 1 is 1.05 bits per heavy atom. The van der Waals surface area contributed by atoms with Crippen LogP contribution in [0.1, 0.15) is 62.8 Å². The molecule has 0 saturated carbocycles. The van der Waals surface area contributed by atoms with Crippen molar-refractivity contribution in [3.8, 4) is 6.07 Å². The molecule has 1 aromatic heterocycles. The molecule has 0 spiro atoms. The van der Waals surface area contributed by atoms with E-state index in [0.29, 0.717) is 60.7 Å². The quantitative estimate of drug-likeness (QED) is 0.0574. The Hall–Kier alpha value is -6.42. The third kappa shape index (κ3) is 8.82. The zero-order chi connectivity index (χ0) is 44.3. The summed E-state index contributed by atoms with van der Waals surface area (Å²) >= 11 is 5.69. The van der Waals surface area contributed by atoms with Crippen molar-refractivity contribution in [2.45, 2.75) is 57.7 Å². The molecule has 2 fully saturated rings. The SMILES string of the molecule is CCCN(CCNCCOCC(=O)Nc1ccc2c(ccc3onc(C4CCC(=O)NC4=O)c32)c1)c1ccc(N2C(=S)N(c3ccc(C#N)c(C(F)(F)F)c3)C(=O)C2(C)C)cc1. The number of alkyl halides is 3. The summed E-state index contributed by atoms with van der Waals surface area (Å²) in [7, 11) is 0. The standard InChI is InChI=1S/C44H43F3N8O6S/c1-4-19-53(29-9-11-30(12-10-29)55-42(62)54(41(59)43(55,2)3)31-8-5-27(24-48)34(23-31)44(45,46)47)20-17-49-18-21-60-25-37(57)50-28-7-13-32-26(22-28)6-15-35-38(32)39(52-61-35)33-14-16-36(56)51-40(33)58/h5-13,15,22-23,33,49H,4,14,16-21,25H2,1-3H3,(H,50,57)(H,51,56,58). The molecular weight excluding hydrogens is 826 g/mol. The normalized spacial score (nSPS) is 16.6. The number of amides is 4. The fraction of sp³-hybridized carbons (Fsp3) is 0.341. The van der Waals surface area contributed by atoms with Crippen LogP contribution in [0.4, 0.5) is 35.9 Å². The average molecular weight is 869 g/mol. The summed E-state index contributed by atoms with van der Waals surface area (Å²) in [5.41, 5.74) is 0.103. The monoisotopic (exact) mass is 868 g/mol. The van der Waals surface area contributed by atoms with Crippen LogP contribution >= 0.6 is 12.2 Å². The zero-order valence-corrected chi connectivity index (χ0v) is 34.9. The van der Waals surface area contributed by atoms with Gasteiger partial charge in [-0.25, -0.2) is 0 Å². The predicted octanol–water partition coefficient (Wildman–Crippen LogP) is 6.77. The number of aromatic nitrogens is 1. The van der Waals surface area contributed by atoms with Crippen LogP contribution in [0, 0.1) is 11.3 Å². The van der Waals surface area contributed by atoms with Crippen LogP contribution in [0.25, 0.3) is 21.7 Å². The number of ether oxygens (including phenoxy) is 1. The number of hydrogen-bond acceptors (Lipinski definition) is 11. The number of nitriles is 1. The van der Waals surface area contributed by atoms with Gasteiger partial charge in [-0.3, -0.25) is 29.4 Å². The lowest BCUT2D eigenvalue weighted by Crippen LogP contribution is -2.44. The predicted molar refractivity (Wildman–Crippen MR) is 231 cm³/mol. The lowest BCUT2D eigenvalue weighted by molar-refractivity contribution is -0.138. The second kappa shape index (κ2) is 17.9. The molecule has 322 valence electrons. The highest BCUT2D eigenvalue weighted by molar-refractivity contribution is 7.81. The third-order valence-electron chi connectivity index (χ3n) is 10.9. The first-order valence-corrected chi connectivity index (χ1v) is 20.4. The molecule has 3 heterocycles. The van der Waals surface area contributed by atoms with Gasteiger partial charge in [0, 0.05) is 49.7 Å². The molecule has 4 amide bonds. The Morgan fingerprint density at radius 2 is 1.81 bits per heavy atom. The van der Waals surface area contributed by atoms with E-state index in [2.05, 4.69) is 32.9 Å². The van der Waals surface area contributed by atoms with Gasteiger partial charge < -0.3 is 29.7 Å². The minimum atomic E-state index is -4.80. The molecule has 14 nitrogen and oxygen atoms in total. The van der Waals surface area contributed by atoms with Crippen LogP contribution < -0.4 is 30.7 Å². The van der Waals surface area contributed by atoms with Crippen molar-refractivity contribution in [2.24, 2.45) is 0 Å². The second-order valence-electron chi connectivity index (χ2n) is 15.5. The summed E-state index contributed by atoms with van der Waals surface area (Å²) in [4.78, 5) is 55.5. The van der Waals surface area contributed by atoms with Crippen molar-refractivity contribution >= 4 is 85.5 Å². The maximum atomic E-state index is 13.8. The van der Waals surface area contributed by atoms with Crippen LogP contribution in [0.15, 0.2) is 77.3 Å². The zero-order valence-electron chi connectivity index (χ0n) is 34.1. The van der Waals surface area contributed by atoms with Gasteiger partial charge >= 0.3 is 6.18 Å². The van der Waals surface area contributed by atoms with E-state index < -0.39 is 40.6 Å². The summed E-state index contributed by atoms with van der Waals surface area (Å²) < 4.78 is 52.4. The first-order valence-electron chi connectivity index (χ1n) is 20.0. The molecule has 5 aromatic rings. The maximum Gasteiger partial charge on any atom is 0.417 e. The number of nitrogens with one attached hydrogen (secondary N) is 3. The van der Waals surface area contributed by atoms with Crippen LogP contribution in [-0.2, 0) is 30.1 Å². The van der Waals surface area contributed by atoms with E-state index in [0.717, 1.165) is 46.5 Å². The van der Waals surface area contributed by atoms with Gasteiger partial charge in [0.25, 0.3) is 5.91 Å². The first kappa shape index (κ1) is 43.7. The third-order valence-corrected chi connectivity index (χ3v) is 11.2. The van der Waals surface area contributed by atoms with E-state index in [1.807, 2.05) is 42.5 Å². The molecule has 0 bridgehead atoms. The molecule has 0 aliphatic carbocycles. The van der Waals surface area contributed by atoms with Crippen LogP contribution in [0.5, 0.6) is 0 Å². The number of anilines is 4. The molecule has 1 unspecified atom stereocenters. The molecule has 2 saturated heterocycles. The molecule has 2 aliphatic rings. The molecule has 62 heavy (non-hydrogen) atoms. The summed E-state index contributed by atoms with van der Waals surface area (Å²) in [5.74, 6) is -2.14. The lowest BCUT2D eigenvalue weighted by Gasteiger charge is -2.30. The lowest BCUT2D eigenvalue weighted by atomic mass is 9.91. The van der Waals surface area contributed by atoms with Gasteiger partial charge in [0.2, 0.25) is 17.7 Å². The highest BCUT2D eigenvalue weighted by Crippen LogP contribution is 2.40. The molecule has 0 radical (unpaired) electrons. The van der Waals surface area contributed by atoms with Crippen molar-refractivity contribution in [2.75, 3.05) is 59.4 Å². The Morgan fingerprint density at radius 3 is 2.52 bits per heavy atom.